The van der Waals surface area contributed by atoms with Gasteiger partial charge in [0.25, 0.3) is 5.91 Å². The van der Waals surface area contributed by atoms with Crippen LogP contribution in [0.15, 0.2) is 65.6 Å². The van der Waals surface area contributed by atoms with Crippen molar-refractivity contribution in [2.45, 2.75) is 17.7 Å². The molecule has 12 heteroatoms. The topological polar surface area (TPSA) is 128 Å². The minimum atomic E-state index is -3.51. The number of fused-ring (bicyclic) bond motifs is 1. The van der Waals surface area contributed by atoms with Gasteiger partial charge in [0.15, 0.2) is 11.5 Å². The van der Waals surface area contributed by atoms with E-state index in [-0.39, 0.29) is 24.0 Å². The fourth-order valence-corrected chi connectivity index (χ4v) is 5.64. The molecule has 0 saturated carbocycles. The Morgan fingerprint density at radius 3 is 2.51 bits per heavy atom. The molecule has 4 aromatic rings. The molecule has 11 nitrogen and oxygen atoms in total. The van der Waals surface area contributed by atoms with Crippen LogP contribution in [0.25, 0.3) is 17.0 Å². The van der Waals surface area contributed by atoms with Gasteiger partial charge in [0.1, 0.15) is 12.4 Å². The lowest BCUT2D eigenvalue weighted by Crippen LogP contribution is -2.29. The van der Waals surface area contributed by atoms with E-state index in [9.17, 15) is 13.2 Å². The molecule has 37 heavy (non-hydrogen) atoms. The van der Waals surface area contributed by atoms with Crippen LogP contribution in [0, 0.1) is 0 Å². The van der Waals surface area contributed by atoms with Crippen molar-refractivity contribution in [3.05, 3.63) is 66.2 Å². The molecule has 0 spiro atoms. The Bertz CT molecular complexity index is 1510. The highest BCUT2D eigenvalue weighted by molar-refractivity contribution is 7.89. The first kappa shape index (κ1) is 24.7. The predicted octanol–water partition coefficient (Wildman–Crippen LogP) is 2.39. The zero-order chi connectivity index (χ0) is 25.8. The third-order valence-corrected chi connectivity index (χ3v) is 7.96. The SMILES string of the molecule is COc1ccccc1-c1nnc2ccc(OCCNC(=O)c3ccc(S(=O)(=O)N4CCCC4)cc3)nn12. The van der Waals surface area contributed by atoms with Crippen LogP contribution in [-0.2, 0) is 10.0 Å². The first-order valence-electron chi connectivity index (χ1n) is 11.8. The van der Waals surface area contributed by atoms with Crippen LogP contribution in [0.5, 0.6) is 11.6 Å². The van der Waals surface area contributed by atoms with E-state index in [2.05, 4.69) is 20.6 Å². The fourth-order valence-electron chi connectivity index (χ4n) is 4.12. The first-order chi connectivity index (χ1) is 18.0. The Labute approximate surface area is 214 Å². The van der Waals surface area contributed by atoms with Gasteiger partial charge in [0.05, 0.1) is 24.1 Å². The largest absolute Gasteiger partial charge is 0.496 e. The summed E-state index contributed by atoms with van der Waals surface area (Å²) in [7, 11) is -1.93. The molecule has 1 N–H and O–H groups in total. The van der Waals surface area contributed by atoms with Crippen LogP contribution >= 0.6 is 0 Å². The number of amides is 1. The molecule has 192 valence electrons. The second-order valence-corrected chi connectivity index (χ2v) is 10.3. The average molecular weight is 523 g/mol. The zero-order valence-electron chi connectivity index (χ0n) is 20.2. The van der Waals surface area contributed by atoms with Crippen molar-refractivity contribution in [3.63, 3.8) is 0 Å². The van der Waals surface area contributed by atoms with Crippen molar-refractivity contribution < 1.29 is 22.7 Å². The maximum absolute atomic E-state index is 12.6. The van der Waals surface area contributed by atoms with Crippen LogP contribution < -0.4 is 14.8 Å². The lowest BCUT2D eigenvalue weighted by Gasteiger charge is -2.15. The average Bonchev–Trinajstić information content (AvgIpc) is 3.62. The predicted molar refractivity (Wildman–Crippen MR) is 135 cm³/mol. The minimum absolute atomic E-state index is 0.178. The van der Waals surface area contributed by atoms with Gasteiger partial charge >= 0.3 is 0 Å². The van der Waals surface area contributed by atoms with E-state index in [1.54, 1.807) is 23.8 Å². The van der Waals surface area contributed by atoms with Crippen molar-refractivity contribution in [3.8, 4) is 23.0 Å². The van der Waals surface area contributed by atoms with E-state index in [0.29, 0.717) is 41.8 Å². The highest BCUT2D eigenvalue weighted by Crippen LogP contribution is 2.28. The molecule has 2 aromatic carbocycles. The van der Waals surface area contributed by atoms with Crippen LogP contribution in [0.1, 0.15) is 23.2 Å². The fraction of sp³-hybridized carbons (Fsp3) is 0.280. The molecule has 1 aliphatic heterocycles. The van der Waals surface area contributed by atoms with Gasteiger partial charge in [0.2, 0.25) is 15.9 Å². The van der Waals surface area contributed by atoms with Gasteiger partial charge < -0.3 is 14.8 Å². The standard InChI is InChI=1S/C25H26N6O5S/c1-35-21-7-3-2-6-20(21)24-28-27-22-12-13-23(29-31(22)24)36-17-14-26-25(32)18-8-10-19(11-9-18)37(33,34)30-15-4-5-16-30/h2-3,6-13H,4-5,14-17H2,1H3,(H,26,32). The van der Waals surface area contributed by atoms with Gasteiger partial charge in [-0.1, -0.05) is 12.1 Å². The molecule has 5 rings (SSSR count). The molecule has 1 fully saturated rings. The number of para-hydroxylation sites is 1. The normalized spacial score (nSPS) is 14.1. The maximum atomic E-state index is 12.6. The molecule has 1 saturated heterocycles. The number of sulfonamides is 1. The van der Waals surface area contributed by atoms with Gasteiger partial charge in [-0.05, 0) is 55.3 Å². The summed E-state index contributed by atoms with van der Waals surface area (Å²) in [6.07, 6.45) is 1.74. The molecule has 1 aliphatic rings. The summed E-state index contributed by atoms with van der Waals surface area (Å²) < 4.78 is 39.5. The first-order valence-corrected chi connectivity index (χ1v) is 13.3. The van der Waals surface area contributed by atoms with Crippen molar-refractivity contribution in [2.24, 2.45) is 0 Å². The summed E-state index contributed by atoms with van der Waals surface area (Å²) in [6, 6.07) is 16.8. The number of hydrogen-bond acceptors (Lipinski definition) is 8. The molecule has 0 unspecified atom stereocenters. The van der Waals surface area contributed by atoms with Gasteiger partial charge in [-0.3, -0.25) is 4.79 Å². The number of nitrogens with one attached hydrogen (secondary N) is 1. The van der Waals surface area contributed by atoms with Crippen molar-refractivity contribution in [1.29, 1.82) is 0 Å². The van der Waals surface area contributed by atoms with Gasteiger partial charge in [-0.2, -0.15) is 8.82 Å². The van der Waals surface area contributed by atoms with Crippen molar-refractivity contribution in [2.75, 3.05) is 33.4 Å². The third-order valence-electron chi connectivity index (χ3n) is 6.04. The lowest BCUT2D eigenvalue weighted by molar-refractivity contribution is 0.0946. The Hall–Kier alpha value is -4.03. The molecule has 0 aliphatic carbocycles. The lowest BCUT2D eigenvalue weighted by atomic mass is 10.2. The highest BCUT2D eigenvalue weighted by atomic mass is 32.2. The maximum Gasteiger partial charge on any atom is 0.251 e. The van der Waals surface area contributed by atoms with E-state index >= 15 is 0 Å². The summed E-state index contributed by atoms with van der Waals surface area (Å²) in [4.78, 5) is 12.7. The smallest absolute Gasteiger partial charge is 0.251 e. The number of rotatable bonds is 9. The summed E-state index contributed by atoms with van der Waals surface area (Å²) >= 11 is 0. The molecular formula is C25H26N6O5S. The number of benzene rings is 2. The van der Waals surface area contributed by atoms with Gasteiger partial charge in [0, 0.05) is 24.7 Å². The Morgan fingerprint density at radius 1 is 1.00 bits per heavy atom. The van der Waals surface area contributed by atoms with Crippen LogP contribution in [0.4, 0.5) is 0 Å². The zero-order valence-corrected chi connectivity index (χ0v) is 21.0. The second-order valence-electron chi connectivity index (χ2n) is 8.41. The quantitative estimate of drug-likeness (QED) is 0.332. The van der Waals surface area contributed by atoms with E-state index < -0.39 is 10.0 Å². The summed E-state index contributed by atoms with van der Waals surface area (Å²) in [5, 5.41) is 15.6. The molecule has 3 heterocycles. The molecule has 1 amide bonds. The summed E-state index contributed by atoms with van der Waals surface area (Å²) in [5.41, 5.74) is 1.66. The number of nitrogens with zero attached hydrogens (tertiary/aromatic N) is 5. The van der Waals surface area contributed by atoms with E-state index in [1.807, 2.05) is 24.3 Å². The van der Waals surface area contributed by atoms with Gasteiger partial charge in [-0.15, -0.1) is 15.3 Å². The van der Waals surface area contributed by atoms with E-state index in [0.717, 1.165) is 18.4 Å². The van der Waals surface area contributed by atoms with E-state index in [4.69, 9.17) is 9.47 Å². The van der Waals surface area contributed by atoms with Crippen LogP contribution in [0.2, 0.25) is 0 Å². The minimum Gasteiger partial charge on any atom is -0.496 e. The van der Waals surface area contributed by atoms with E-state index in [1.165, 1.54) is 28.6 Å². The molecule has 0 radical (unpaired) electrons. The summed E-state index contributed by atoms with van der Waals surface area (Å²) in [6.45, 7) is 1.47. The Kier molecular flexibility index (Phi) is 7.01. The molecule has 0 atom stereocenters. The Morgan fingerprint density at radius 2 is 1.76 bits per heavy atom. The van der Waals surface area contributed by atoms with Crippen LogP contribution in [-0.4, -0.2) is 71.8 Å². The van der Waals surface area contributed by atoms with Crippen LogP contribution in [0.3, 0.4) is 0 Å². The summed E-state index contributed by atoms with van der Waals surface area (Å²) in [5.74, 6) is 1.18. The highest BCUT2D eigenvalue weighted by Gasteiger charge is 2.27. The third kappa shape index (κ3) is 5.11. The number of hydrogen-bond donors (Lipinski definition) is 1. The molecule has 0 bridgehead atoms. The number of aromatic nitrogens is 4. The van der Waals surface area contributed by atoms with Crippen molar-refractivity contribution in [1.82, 2.24) is 29.4 Å². The molecule has 2 aromatic heterocycles. The number of carbonyl (C=O) groups is 1. The second kappa shape index (κ2) is 10.5. The number of ether oxygens (including phenoxy) is 2. The van der Waals surface area contributed by atoms with Crippen molar-refractivity contribution >= 4 is 21.6 Å². The Balaban J connectivity index is 1.19. The number of methoxy groups -OCH3 is 1. The molecular weight excluding hydrogens is 496 g/mol. The number of carbonyl (C=O) groups excluding carboxylic acids is 1. The van der Waals surface area contributed by atoms with Gasteiger partial charge in [-0.25, -0.2) is 8.42 Å². The monoisotopic (exact) mass is 522 g/mol.